The van der Waals surface area contributed by atoms with E-state index in [4.69, 9.17) is 23.9 Å². The summed E-state index contributed by atoms with van der Waals surface area (Å²) in [5.41, 5.74) is 4.64. The van der Waals surface area contributed by atoms with E-state index in [0.29, 0.717) is 18.4 Å². The average molecular weight is 748 g/mol. The highest BCUT2D eigenvalue weighted by Crippen LogP contribution is 2.45. The van der Waals surface area contributed by atoms with E-state index in [-0.39, 0.29) is 16.1 Å². The Kier molecular flexibility index (Phi) is 11.6. The van der Waals surface area contributed by atoms with Gasteiger partial charge in [0.05, 0.1) is 41.4 Å². The molecular formula is C40H61N5O3SSi2. The monoisotopic (exact) mass is 747 g/mol. The SMILES string of the molecule is CC(C)(C)[S+]([O-])N[C@H](c1cccc(-c2ccc3cnn(-c4cccc(CO[Si](C)(C)C(C)(C)C)n4)c3c2)n1)C1CC(CO[Si](C)(C)C(C)(C)C)C1. The second kappa shape index (κ2) is 14.8. The van der Waals surface area contributed by atoms with Gasteiger partial charge in [0.25, 0.3) is 0 Å². The molecule has 0 saturated heterocycles. The Morgan fingerprint density at radius 3 is 2.16 bits per heavy atom. The third-order valence-corrected chi connectivity index (χ3v) is 21.9. The third-order valence-electron chi connectivity index (χ3n) is 11.4. The second-order valence-corrected chi connectivity index (χ2v) is 30.1. The van der Waals surface area contributed by atoms with Crippen LogP contribution in [-0.4, -0.2) is 52.3 Å². The Balaban J connectivity index is 1.38. The molecule has 0 radical (unpaired) electrons. The van der Waals surface area contributed by atoms with Crippen molar-refractivity contribution in [2.24, 2.45) is 11.8 Å². The molecule has 2 atom stereocenters. The first-order valence-electron chi connectivity index (χ1n) is 18.4. The van der Waals surface area contributed by atoms with E-state index in [1.165, 1.54) is 0 Å². The summed E-state index contributed by atoms with van der Waals surface area (Å²) in [6.45, 7) is 30.1. The van der Waals surface area contributed by atoms with Crippen LogP contribution >= 0.6 is 0 Å². The molecule has 1 saturated carbocycles. The smallest absolute Gasteiger partial charge is 0.192 e. The van der Waals surface area contributed by atoms with E-state index >= 15 is 0 Å². The summed E-state index contributed by atoms with van der Waals surface area (Å²) in [4.78, 5) is 10.2. The van der Waals surface area contributed by atoms with Crippen molar-refractivity contribution in [2.75, 3.05) is 6.61 Å². The predicted molar refractivity (Wildman–Crippen MR) is 217 cm³/mol. The topological polar surface area (TPSA) is 97.2 Å². The molecule has 5 rings (SSSR count). The normalized spacial score (nSPS) is 18.9. The lowest BCUT2D eigenvalue weighted by Crippen LogP contribution is -2.47. The largest absolute Gasteiger partial charge is 0.598 e. The quantitative estimate of drug-likeness (QED) is 0.114. The first-order valence-corrected chi connectivity index (χ1v) is 25.4. The maximum atomic E-state index is 13.5. The molecule has 0 bridgehead atoms. The molecule has 3 aromatic heterocycles. The lowest BCUT2D eigenvalue weighted by Gasteiger charge is -2.43. The maximum absolute atomic E-state index is 13.5. The molecule has 8 nitrogen and oxygen atoms in total. The van der Waals surface area contributed by atoms with Gasteiger partial charge in [-0.3, -0.25) is 4.98 Å². The first kappa shape index (κ1) is 39.8. The molecule has 11 heteroatoms. The van der Waals surface area contributed by atoms with E-state index in [2.05, 4.69) is 109 Å². The van der Waals surface area contributed by atoms with Crippen LogP contribution in [-0.2, 0) is 26.8 Å². The van der Waals surface area contributed by atoms with Crippen LogP contribution in [0.2, 0.25) is 36.3 Å². The zero-order valence-electron chi connectivity index (χ0n) is 33.3. The van der Waals surface area contributed by atoms with Gasteiger partial charge in [-0.2, -0.15) is 5.10 Å². The van der Waals surface area contributed by atoms with Crippen LogP contribution in [0.5, 0.6) is 0 Å². The highest BCUT2D eigenvalue weighted by Gasteiger charge is 2.43. The van der Waals surface area contributed by atoms with Crippen LogP contribution in [0.15, 0.2) is 60.8 Å². The number of hydrogen-bond donors (Lipinski definition) is 1. The van der Waals surface area contributed by atoms with Gasteiger partial charge < -0.3 is 13.4 Å². The molecule has 1 aliphatic rings. The van der Waals surface area contributed by atoms with Crippen LogP contribution in [0.3, 0.4) is 0 Å². The fourth-order valence-corrected chi connectivity index (χ4v) is 8.63. The minimum absolute atomic E-state index is 0.121. The van der Waals surface area contributed by atoms with E-state index < -0.39 is 32.7 Å². The highest BCUT2D eigenvalue weighted by molar-refractivity contribution is 7.90. The van der Waals surface area contributed by atoms with Crippen molar-refractivity contribution >= 4 is 38.9 Å². The van der Waals surface area contributed by atoms with E-state index in [9.17, 15) is 4.55 Å². The Morgan fingerprint density at radius 1 is 0.863 bits per heavy atom. The van der Waals surface area contributed by atoms with Crippen LogP contribution in [0.1, 0.15) is 92.6 Å². The summed E-state index contributed by atoms with van der Waals surface area (Å²) in [6, 6.07) is 18.4. The van der Waals surface area contributed by atoms with Crippen molar-refractivity contribution in [1.29, 1.82) is 0 Å². The van der Waals surface area contributed by atoms with Gasteiger partial charge in [-0.15, -0.1) is 4.72 Å². The van der Waals surface area contributed by atoms with Crippen molar-refractivity contribution in [3.8, 4) is 17.1 Å². The van der Waals surface area contributed by atoms with Gasteiger partial charge in [-0.25, -0.2) is 9.67 Å². The highest BCUT2D eigenvalue weighted by atomic mass is 32.2. The van der Waals surface area contributed by atoms with Crippen molar-refractivity contribution in [3.05, 3.63) is 72.2 Å². The minimum Gasteiger partial charge on any atom is -0.598 e. The predicted octanol–water partition coefficient (Wildman–Crippen LogP) is 10.1. The zero-order chi connectivity index (χ0) is 37.6. The molecule has 278 valence electrons. The van der Waals surface area contributed by atoms with Crippen molar-refractivity contribution < 1.29 is 13.4 Å². The van der Waals surface area contributed by atoms with E-state index in [1.807, 2.05) is 49.8 Å². The number of nitrogens with zero attached hydrogens (tertiary/aromatic N) is 4. The molecule has 1 unspecified atom stereocenters. The van der Waals surface area contributed by atoms with Crippen molar-refractivity contribution in [1.82, 2.24) is 24.5 Å². The minimum atomic E-state index is -1.91. The third kappa shape index (κ3) is 9.23. The number of rotatable bonds is 12. The average Bonchev–Trinajstić information content (AvgIpc) is 3.44. The molecule has 51 heavy (non-hydrogen) atoms. The molecule has 4 aromatic rings. The van der Waals surface area contributed by atoms with Gasteiger partial charge in [-0.05, 0) is 112 Å². The second-order valence-electron chi connectivity index (χ2n) is 18.5. The van der Waals surface area contributed by atoms with Gasteiger partial charge in [0.1, 0.15) is 4.75 Å². The van der Waals surface area contributed by atoms with Crippen LogP contribution < -0.4 is 4.72 Å². The summed E-state index contributed by atoms with van der Waals surface area (Å²) >= 11 is -1.24. The summed E-state index contributed by atoms with van der Waals surface area (Å²) in [5, 5.41) is 6.08. The summed E-state index contributed by atoms with van der Waals surface area (Å²) < 4.78 is 31.5. The molecule has 0 spiro atoms. The van der Waals surface area contributed by atoms with Gasteiger partial charge in [-0.1, -0.05) is 65.8 Å². The number of fused-ring (bicyclic) bond motifs is 1. The van der Waals surface area contributed by atoms with Crippen LogP contribution in [0, 0.1) is 11.8 Å². The first-order chi connectivity index (χ1) is 23.6. The molecule has 1 aromatic carbocycles. The Morgan fingerprint density at radius 2 is 1.51 bits per heavy atom. The number of aromatic nitrogens is 4. The van der Waals surface area contributed by atoms with Gasteiger partial charge >= 0.3 is 0 Å². The summed E-state index contributed by atoms with van der Waals surface area (Å²) in [7, 11) is -3.72. The lowest BCUT2D eigenvalue weighted by atomic mass is 9.71. The number of pyridine rings is 2. The number of nitrogens with one attached hydrogen (secondary N) is 1. The fourth-order valence-electron chi connectivity index (χ4n) is 5.71. The van der Waals surface area contributed by atoms with Crippen molar-refractivity contribution in [3.63, 3.8) is 0 Å². The molecular weight excluding hydrogens is 687 g/mol. The van der Waals surface area contributed by atoms with Crippen LogP contribution in [0.25, 0.3) is 28.0 Å². The van der Waals surface area contributed by atoms with E-state index in [1.54, 1.807) is 0 Å². The zero-order valence-corrected chi connectivity index (χ0v) is 36.1. The van der Waals surface area contributed by atoms with E-state index in [0.717, 1.165) is 58.8 Å². The van der Waals surface area contributed by atoms with Gasteiger partial charge in [0, 0.05) is 28.9 Å². The van der Waals surface area contributed by atoms with Gasteiger partial charge in [0.15, 0.2) is 22.5 Å². The van der Waals surface area contributed by atoms with Crippen LogP contribution in [0.4, 0.5) is 0 Å². The summed E-state index contributed by atoms with van der Waals surface area (Å²) in [5.74, 6) is 1.59. The molecule has 0 aliphatic heterocycles. The van der Waals surface area contributed by atoms with Gasteiger partial charge in [0.2, 0.25) is 0 Å². The Labute approximate surface area is 312 Å². The fraction of sp³-hybridized carbons (Fsp3) is 0.575. The Bertz CT molecular complexity index is 1800. The molecule has 0 amide bonds. The Hall–Kier alpha value is -2.39. The number of benzene rings is 1. The van der Waals surface area contributed by atoms with Crippen molar-refractivity contribution in [2.45, 2.75) is 129 Å². The lowest BCUT2D eigenvalue weighted by molar-refractivity contribution is 0.0908. The standard InChI is InChI=1S/C40H61N5O3SSi2/c1-38(2,3)49(46)44-37(31-22-28(23-31)26-47-50(10,11)39(4,5)6)34-18-15-17-33(43-34)29-20-21-30-25-41-45(35(30)24-29)36-19-14-16-32(42-36)27-48-51(12,13)40(7,8)9/h14-21,24-25,28,31,37,44H,22-23,26-27H2,1-13H3/t28?,31?,37-,49?/m0/s1. The molecule has 1 aliphatic carbocycles. The maximum Gasteiger partial charge on any atom is 0.192 e. The summed E-state index contributed by atoms with van der Waals surface area (Å²) in [6.07, 6.45) is 3.93. The molecule has 3 heterocycles. The molecule has 1 N–H and O–H groups in total. The number of hydrogen-bond acceptors (Lipinski definition) is 7. The molecule has 1 fully saturated rings.